The van der Waals surface area contributed by atoms with Crippen molar-refractivity contribution in [3.05, 3.63) is 29.8 Å². The van der Waals surface area contributed by atoms with Crippen LogP contribution in [0.25, 0.3) is 0 Å². The van der Waals surface area contributed by atoms with Crippen molar-refractivity contribution in [2.75, 3.05) is 31.7 Å². The second-order valence-electron chi connectivity index (χ2n) is 7.54. The number of nitrogens with one attached hydrogen (secondary N) is 1. The number of para-hydroxylation sites is 1. The monoisotopic (exact) mass is 371 g/mol. The number of anilines is 1. The molecule has 1 aromatic rings. The molecule has 7 nitrogen and oxygen atoms in total. The fourth-order valence-corrected chi connectivity index (χ4v) is 4.82. The molecule has 3 aliphatic rings. The minimum atomic E-state index is -1.24. The first-order chi connectivity index (χ1) is 13.1. The zero-order valence-corrected chi connectivity index (χ0v) is 15.6. The first-order valence-corrected chi connectivity index (χ1v) is 9.60. The third-order valence-corrected chi connectivity index (χ3v) is 6.07. The minimum absolute atomic E-state index is 0.216. The van der Waals surface area contributed by atoms with E-state index in [2.05, 4.69) is 16.3 Å². The third kappa shape index (κ3) is 2.72. The van der Waals surface area contributed by atoms with Crippen LogP contribution in [0.5, 0.6) is 0 Å². The van der Waals surface area contributed by atoms with Crippen molar-refractivity contribution in [3.8, 4) is 0 Å². The summed E-state index contributed by atoms with van der Waals surface area (Å²) >= 11 is 0. The van der Waals surface area contributed by atoms with Gasteiger partial charge >= 0.3 is 6.03 Å². The Hall–Kier alpha value is -2.41. The van der Waals surface area contributed by atoms with E-state index in [4.69, 9.17) is 4.74 Å². The molecule has 4 amide bonds. The van der Waals surface area contributed by atoms with Gasteiger partial charge in [-0.3, -0.25) is 19.8 Å². The van der Waals surface area contributed by atoms with Gasteiger partial charge in [-0.25, -0.2) is 4.79 Å². The predicted octanol–water partition coefficient (Wildman–Crippen LogP) is 1.70. The number of rotatable bonds is 4. The van der Waals surface area contributed by atoms with E-state index in [1.165, 1.54) is 4.90 Å². The number of carbonyl (C=O) groups is 3. The van der Waals surface area contributed by atoms with Gasteiger partial charge in [-0.1, -0.05) is 18.2 Å². The fourth-order valence-electron chi connectivity index (χ4n) is 4.82. The van der Waals surface area contributed by atoms with E-state index in [0.717, 1.165) is 37.1 Å². The van der Waals surface area contributed by atoms with E-state index in [1.54, 1.807) is 7.11 Å². The Balaban J connectivity index is 1.75. The highest BCUT2D eigenvalue weighted by Gasteiger charge is 2.61. The number of nitrogens with zero attached hydrogens (tertiary/aromatic N) is 2. The molecule has 2 atom stereocenters. The van der Waals surface area contributed by atoms with Crippen molar-refractivity contribution in [1.82, 2.24) is 10.2 Å². The van der Waals surface area contributed by atoms with Crippen LogP contribution in [0.15, 0.2) is 24.3 Å². The minimum Gasteiger partial charge on any atom is -0.385 e. The smallest absolute Gasteiger partial charge is 0.330 e. The number of barbiturate groups is 1. The molecule has 3 heterocycles. The van der Waals surface area contributed by atoms with E-state index in [0.29, 0.717) is 19.4 Å². The number of methoxy groups -OCH3 is 1. The van der Waals surface area contributed by atoms with Crippen molar-refractivity contribution in [2.45, 2.75) is 38.1 Å². The fraction of sp³-hybridized carbons (Fsp3) is 0.550. The molecule has 0 radical (unpaired) electrons. The molecule has 27 heavy (non-hydrogen) atoms. The third-order valence-electron chi connectivity index (χ3n) is 6.07. The molecule has 0 bridgehead atoms. The molecule has 4 rings (SSSR count). The summed E-state index contributed by atoms with van der Waals surface area (Å²) in [5, 5.41) is 2.47. The summed E-state index contributed by atoms with van der Waals surface area (Å²) in [6.07, 6.45) is 3.66. The summed E-state index contributed by atoms with van der Waals surface area (Å²) in [5.74, 6) is -0.814. The number of carbonyl (C=O) groups excluding carboxylic acids is 3. The number of hydrogen-bond acceptors (Lipinski definition) is 5. The van der Waals surface area contributed by atoms with Crippen LogP contribution in [0.3, 0.4) is 0 Å². The number of piperidine rings is 1. The lowest BCUT2D eigenvalue weighted by Gasteiger charge is -2.53. The molecule has 0 aliphatic carbocycles. The van der Waals surface area contributed by atoms with Crippen LogP contribution in [-0.2, 0) is 20.7 Å². The molecule has 1 N–H and O–H groups in total. The number of benzene rings is 1. The number of ether oxygens (including phenoxy) is 1. The predicted molar refractivity (Wildman–Crippen MR) is 99.3 cm³/mol. The van der Waals surface area contributed by atoms with Crippen LogP contribution >= 0.6 is 0 Å². The van der Waals surface area contributed by atoms with Gasteiger partial charge in [0.1, 0.15) is 0 Å². The van der Waals surface area contributed by atoms with Crippen molar-refractivity contribution in [3.63, 3.8) is 0 Å². The van der Waals surface area contributed by atoms with Crippen LogP contribution < -0.4 is 10.2 Å². The number of hydrogen-bond donors (Lipinski definition) is 1. The Kier molecular flexibility index (Phi) is 4.63. The largest absolute Gasteiger partial charge is 0.385 e. The maximum absolute atomic E-state index is 13.6. The van der Waals surface area contributed by atoms with Crippen LogP contribution in [0, 0.1) is 5.41 Å². The van der Waals surface area contributed by atoms with Gasteiger partial charge in [0.2, 0.25) is 11.8 Å². The Labute approximate surface area is 158 Å². The number of amides is 4. The van der Waals surface area contributed by atoms with E-state index in [-0.39, 0.29) is 18.5 Å². The maximum Gasteiger partial charge on any atom is 0.330 e. The highest BCUT2D eigenvalue weighted by molar-refractivity contribution is 6.20. The molecule has 144 valence electrons. The Morgan fingerprint density at radius 1 is 1.22 bits per heavy atom. The summed E-state index contributed by atoms with van der Waals surface area (Å²) in [4.78, 5) is 42.4. The summed E-state index contributed by atoms with van der Waals surface area (Å²) in [6, 6.07) is 7.14. The van der Waals surface area contributed by atoms with Crippen molar-refractivity contribution < 1.29 is 19.1 Å². The summed E-state index contributed by atoms with van der Waals surface area (Å²) < 4.78 is 5.05. The van der Waals surface area contributed by atoms with Crippen molar-refractivity contribution in [2.24, 2.45) is 5.41 Å². The highest BCUT2D eigenvalue weighted by Crippen LogP contribution is 2.47. The quantitative estimate of drug-likeness (QED) is 0.644. The second kappa shape index (κ2) is 6.96. The van der Waals surface area contributed by atoms with Crippen LogP contribution in [-0.4, -0.2) is 55.6 Å². The number of fused-ring (bicyclic) bond motifs is 4. The topological polar surface area (TPSA) is 79.0 Å². The molecule has 0 saturated carbocycles. The molecule has 1 spiro atoms. The average molecular weight is 371 g/mol. The zero-order valence-electron chi connectivity index (χ0n) is 15.6. The van der Waals surface area contributed by atoms with Crippen LogP contribution in [0.2, 0.25) is 0 Å². The maximum atomic E-state index is 13.6. The molecule has 0 aromatic heterocycles. The van der Waals surface area contributed by atoms with Gasteiger partial charge in [0.05, 0.1) is 6.04 Å². The van der Waals surface area contributed by atoms with Crippen LogP contribution in [0.1, 0.15) is 31.2 Å². The van der Waals surface area contributed by atoms with Gasteiger partial charge < -0.3 is 9.64 Å². The SMILES string of the molecule is COCCCN1C(=O)NC(=O)[C@]2(Cc3ccccc3N3CCCC[C@@H]32)C1=O. The lowest BCUT2D eigenvalue weighted by atomic mass is 9.66. The normalized spacial score (nSPS) is 27.4. The van der Waals surface area contributed by atoms with E-state index in [1.807, 2.05) is 18.2 Å². The van der Waals surface area contributed by atoms with E-state index >= 15 is 0 Å². The van der Waals surface area contributed by atoms with Gasteiger partial charge in [0, 0.05) is 32.5 Å². The Morgan fingerprint density at radius 2 is 2.04 bits per heavy atom. The number of urea groups is 1. The average Bonchev–Trinajstić information content (AvgIpc) is 2.69. The molecule has 3 aliphatic heterocycles. The van der Waals surface area contributed by atoms with Gasteiger partial charge in [-0.15, -0.1) is 0 Å². The Bertz CT molecular complexity index is 780. The van der Waals surface area contributed by atoms with Gasteiger partial charge in [0.25, 0.3) is 0 Å². The number of imide groups is 2. The summed E-state index contributed by atoms with van der Waals surface area (Å²) in [5.41, 5.74) is 0.858. The van der Waals surface area contributed by atoms with Crippen molar-refractivity contribution >= 4 is 23.5 Å². The standard InChI is InChI=1S/C20H25N3O4/c1-27-12-6-11-23-18(25)20(17(24)21-19(23)26)13-14-7-2-3-8-15(14)22-10-5-4-9-16(20)22/h2-3,7-8,16H,4-6,9-13H2,1H3,(H,21,24,26)/t16-,20-/m1/s1. The molecule has 2 saturated heterocycles. The lowest BCUT2D eigenvalue weighted by molar-refractivity contribution is -0.154. The molecular weight excluding hydrogens is 346 g/mol. The summed E-state index contributed by atoms with van der Waals surface area (Å²) in [7, 11) is 1.58. The van der Waals surface area contributed by atoms with Gasteiger partial charge in [-0.05, 0) is 43.7 Å². The molecular formula is C20H25N3O4. The second-order valence-corrected chi connectivity index (χ2v) is 7.54. The lowest BCUT2D eigenvalue weighted by Crippen LogP contribution is -2.72. The van der Waals surface area contributed by atoms with Crippen molar-refractivity contribution in [1.29, 1.82) is 0 Å². The van der Waals surface area contributed by atoms with Gasteiger partial charge in [0.15, 0.2) is 5.41 Å². The molecule has 1 aromatic carbocycles. The highest BCUT2D eigenvalue weighted by atomic mass is 16.5. The van der Waals surface area contributed by atoms with E-state index < -0.39 is 17.4 Å². The molecule has 7 heteroatoms. The molecule has 2 fully saturated rings. The van der Waals surface area contributed by atoms with Gasteiger partial charge in [-0.2, -0.15) is 0 Å². The first-order valence-electron chi connectivity index (χ1n) is 9.60. The Morgan fingerprint density at radius 3 is 2.85 bits per heavy atom. The van der Waals surface area contributed by atoms with Crippen LogP contribution in [0.4, 0.5) is 10.5 Å². The summed E-state index contributed by atoms with van der Waals surface area (Å²) in [6.45, 7) is 1.53. The zero-order chi connectivity index (χ0) is 19.0. The first kappa shape index (κ1) is 18.0. The molecule has 0 unspecified atom stereocenters. The van der Waals surface area contributed by atoms with E-state index in [9.17, 15) is 14.4 Å².